The van der Waals surface area contributed by atoms with Crippen LogP contribution in [0.15, 0.2) is 215 Å². The van der Waals surface area contributed by atoms with Gasteiger partial charge < -0.3 is 18.6 Å². The maximum atomic E-state index is 9.85. The monoisotopic (exact) mass is 906 g/mol. The van der Waals surface area contributed by atoms with Crippen molar-refractivity contribution in [1.29, 1.82) is 0 Å². The van der Waals surface area contributed by atoms with Crippen molar-refractivity contribution in [2.45, 2.75) is 39.5 Å². The molecule has 0 spiro atoms. The Kier molecular flexibility index (Phi) is 7.65. The highest BCUT2D eigenvalue weighted by Gasteiger charge is 2.29. The third kappa shape index (κ3) is 5.89. The molecule has 0 radical (unpaired) electrons. The van der Waals surface area contributed by atoms with Gasteiger partial charge in [0.25, 0.3) is 0 Å². The topological polar surface area (TPSA) is 32.8 Å². The molecule has 4 nitrogen and oxygen atoms in total. The third-order valence-electron chi connectivity index (χ3n) is 14.5. The minimum absolute atomic E-state index is 0.0506. The highest BCUT2D eigenvalue weighted by molar-refractivity contribution is 6.30. The summed E-state index contributed by atoms with van der Waals surface area (Å²) in [6.07, 6.45) is 0. The zero-order valence-corrected chi connectivity index (χ0v) is 39.0. The van der Waals surface area contributed by atoms with E-state index < -0.39 is 0 Å². The molecule has 0 fully saturated rings. The Hall–Kier alpha value is -8.60. The molecule has 0 aliphatic heterocycles. The normalized spacial score (nSPS) is 13.5. The zero-order valence-electron chi connectivity index (χ0n) is 45.0. The Labute approximate surface area is 414 Å². The minimum Gasteiger partial charge on any atom is -0.454 e. The molecule has 2 aromatic heterocycles. The lowest BCUT2D eigenvalue weighted by Crippen LogP contribution is -2.13. The van der Waals surface area contributed by atoms with Crippen LogP contribution < -0.4 is 9.80 Å². The van der Waals surface area contributed by atoms with Crippen LogP contribution in [0.25, 0.3) is 97.7 Å². The molecule has 0 unspecified atom stereocenters. The fourth-order valence-electron chi connectivity index (χ4n) is 11.3. The zero-order chi connectivity index (χ0) is 52.0. The summed E-state index contributed by atoms with van der Waals surface area (Å²) < 4.78 is 69.0. The van der Waals surface area contributed by atoms with Gasteiger partial charge in [-0.2, -0.15) is 0 Å². The molecule has 0 N–H and O–H groups in total. The Bertz CT molecular complexity index is 4460. The van der Waals surface area contributed by atoms with Crippen molar-refractivity contribution >= 4 is 132 Å². The molecule has 14 rings (SSSR count). The van der Waals surface area contributed by atoms with E-state index >= 15 is 0 Å². The van der Waals surface area contributed by atoms with E-state index in [0.29, 0.717) is 57.2 Å². The summed E-state index contributed by atoms with van der Waals surface area (Å²) in [5, 5.41) is 12.8. The second kappa shape index (κ2) is 15.5. The highest BCUT2D eigenvalue weighted by Crippen LogP contribution is 2.54. The van der Waals surface area contributed by atoms with Gasteiger partial charge in [0.05, 0.1) is 42.3 Å². The molecule has 0 atom stereocenters. The first kappa shape index (κ1) is 34.7. The van der Waals surface area contributed by atoms with Gasteiger partial charge in [0, 0.05) is 43.1 Å². The molecule has 0 aliphatic carbocycles. The van der Waals surface area contributed by atoms with Crippen LogP contribution in [0.5, 0.6) is 0 Å². The standard InChI is InChI=1S/C66H48N2O2/c1-39(2)53-37-59(67(55-27-13-19-41-17-5-7-21-43(41)55)57-29-15-25-49-45-23-9-11-31-61(45)69-65(49)57)51-36-34-48-54(40(3)4)38-60(52-35-33-47(53)63(51)64(48)52)68(56-28-14-20-42-18-6-8-22-44(42)56)58-30-16-26-50-46-24-10-12-32-62(46)70-66(50)58/h5-40H,1-4H3/i7D,8D,27D,28D,31D,32D. The molecule has 0 amide bonds. The molecular formula is C66H48N2O2. The molecule has 14 aromatic rings. The summed E-state index contributed by atoms with van der Waals surface area (Å²) in [5.41, 5.74) is 8.63. The predicted molar refractivity (Wildman–Crippen MR) is 297 cm³/mol. The first-order valence-corrected chi connectivity index (χ1v) is 24.0. The second-order valence-electron chi connectivity index (χ2n) is 19.0. The summed E-state index contributed by atoms with van der Waals surface area (Å²) in [4.78, 5) is 4.33. The SMILES string of the molecule is [2H]c1ccc2ccc([2H])c(N(c3cc(C(C)C)c4ccc5c(N(c6c([2H])ccc7ccc([2H])cc67)c6cccc7c6oc6c([2H])cccc67)cc(C(C)C)c6ccc3c4c65)c3cccc4c3oc3c([2H])cccc34)c2c1. The predicted octanol–water partition coefficient (Wildman–Crippen LogP) is 19.9. The van der Waals surface area contributed by atoms with E-state index in [2.05, 4.69) is 73.9 Å². The molecule has 4 heteroatoms. The van der Waals surface area contributed by atoms with E-state index in [-0.39, 0.29) is 36.0 Å². The van der Waals surface area contributed by atoms with E-state index in [1.165, 1.54) is 0 Å². The van der Waals surface area contributed by atoms with Crippen molar-refractivity contribution in [2.24, 2.45) is 0 Å². The van der Waals surface area contributed by atoms with Crippen molar-refractivity contribution in [2.75, 3.05) is 9.80 Å². The van der Waals surface area contributed by atoms with Crippen LogP contribution in [-0.2, 0) is 0 Å². The fraction of sp³-hybridized carbons (Fsp3) is 0.0909. The maximum Gasteiger partial charge on any atom is 0.159 e. The van der Waals surface area contributed by atoms with Gasteiger partial charge in [-0.05, 0) is 104 Å². The number of furan rings is 2. The van der Waals surface area contributed by atoms with Crippen LogP contribution in [0.1, 0.15) is 58.9 Å². The van der Waals surface area contributed by atoms with E-state index in [0.717, 1.165) is 97.9 Å². The summed E-state index contributed by atoms with van der Waals surface area (Å²) >= 11 is 0. The summed E-state index contributed by atoms with van der Waals surface area (Å²) in [6.45, 7) is 8.87. The minimum atomic E-state index is 0.0506. The Morgan fingerprint density at radius 1 is 0.343 bits per heavy atom. The molecular weight excluding hydrogens is 853 g/mol. The molecule has 70 heavy (non-hydrogen) atoms. The van der Waals surface area contributed by atoms with Crippen LogP contribution in [0.3, 0.4) is 0 Å². The van der Waals surface area contributed by atoms with E-state index in [1.54, 1.807) is 24.3 Å². The average molecular weight is 907 g/mol. The van der Waals surface area contributed by atoms with E-state index in [1.807, 2.05) is 109 Å². The molecule has 0 aliphatic rings. The molecule has 0 bridgehead atoms. The van der Waals surface area contributed by atoms with Crippen molar-refractivity contribution in [3.8, 4) is 0 Å². The lowest BCUT2D eigenvalue weighted by Gasteiger charge is -2.32. The largest absolute Gasteiger partial charge is 0.454 e. The van der Waals surface area contributed by atoms with E-state index in [9.17, 15) is 2.74 Å². The van der Waals surface area contributed by atoms with Crippen molar-refractivity contribution in [3.63, 3.8) is 0 Å². The number of nitrogens with zero attached hydrogens (tertiary/aromatic N) is 2. The van der Waals surface area contributed by atoms with Gasteiger partial charge in [-0.15, -0.1) is 0 Å². The average Bonchev–Trinajstić information content (AvgIpc) is 4.07. The molecule has 0 saturated carbocycles. The van der Waals surface area contributed by atoms with Crippen LogP contribution in [0.4, 0.5) is 34.1 Å². The van der Waals surface area contributed by atoms with Gasteiger partial charge in [0.2, 0.25) is 0 Å². The number of rotatable bonds is 8. The van der Waals surface area contributed by atoms with Gasteiger partial charge in [-0.1, -0.05) is 185 Å². The van der Waals surface area contributed by atoms with Crippen LogP contribution in [0.2, 0.25) is 0 Å². The maximum absolute atomic E-state index is 9.85. The first-order chi connectivity index (χ1) is 36.8. The molecule has 12 aromatic carbocycles. The molecule has 2 heterocycles. The number of hydrogen-bond acceptors (Lipinski definition) is 4. The van der Waals surface area contributed by atoms with Crippen LogP contribution in [-0.4, -0.2) is 0 Å². The van der Waals surface area contributed by atoms with Gasteiger partial charge in [0.15, 0.2) is 11.2 Å². The number of anilines is 6. The van der Waals surface area contributed by atoms with Crippen LogP contribution >= 0.6 is 0 Å². The summed E-state index contributed by atoms with van der Waals surface area (Å²) in [7, 11) is 0. The van der Waals surface area contributed by atoms with Crippen molar-refractivity contribution in [3.05, 3.63) is 217 Å². The lowest BCUT2D eigenvalue weighted by molar-refractivity contribution is 0.669. The molecule has 0 saturated heterocycles. The Balaban J connectivity index is 1.16. The number of para-hydroxylation sites is 4. The lowest BCUT2D eigenvalue weighted by atomic mass is 9.84. The third-order valence-corrected chi connectivity index (χ3v) is 14.5. The Morgan fingerprint density at radius 2 is 0.771 bits per heavy atom. The first-order valence-electron chi connectivity index (χ1n) is 27.0. The van der Waals surface area contributed by atoms with Gasteiger partial charge >= 0.3 is 0 Å². The van der Waals surface area contributed by atoms with Crippen LogP contribution in [0, 0.1) is 0 Å². The van der Waals surface area contributed by atoms with Crippen molar-refractivity contribution < 1.29 is 17.1 Å². The fourth-order valence-corrected chi connectivity index (χ4v) is 11.3. The van der Waals surface area contributed by atoms with Gasteiger partial charge in [-0.25, -0.2) is 0 Å². The van der Waals surface area contributed by atoms with Crippen molar-refractivity contribution in [1.82, 2.24) is 0 Å². The van der Waals surface area contributed by atoms with E-state index in [4.69, 9.17) is 14.3 Å². The summed E-state index contributed by atoms with van der Waals surface area (Å²) in [6, 6.07) is 57.3. The Morgan fingerprint density at radius 3 is 1.23 bits per heavy atom. The number of fused-ring (bicyclic) bond motifs is 8. The van der Waals surface area contributed by atoms with Gasteiger partial charge in [0.1, 0.15) is 11.2 Å². The number of benzene rings is 12. The molecule has 334 valence electrons. The summed E-state index contributed by atoms with van der Waals surface area (Å²) in [5.74, 6) is 0.101. The second-order valence-corrected chi connectivity index (χ2v) is 19.0. The number of hydrogen-bond donors (Lipinski definition) is 0. The smallest absolute Gasteiger partial charge is 0.159 e. The van der Waals surface area contributed by atoms with Gasteiger partial charge in [-0.3, -0.25) is 0 Å². The quantitative estimate of drug-likeness (QED) is 0.142. The highest BCUT2D eigenvalue weighted by atomic mass is 16.3.